The van der Waals surface area contributed by atoms with Gasteiger partial charge in [0.1, 0.15) is 5.37 Å². The van der Waals surface area contributed by atoms with Crippen LogP contribution in [-0.4, -0.2) is 17.6 Å². The lowest BCUT2D eigenvalue weighted by Crippen LogP contribution is -2.29. The lowest BCUT2D eigenvalue weighted by atomic mass is 10.00. The van der Waals surface area contributed by atoms with Crippen molar-refractivity contribution < 1.29 is 9.59 Å². The first-order chi connectivity index (χ1) is 15.0. The van der Waals surface area contributed by atoms with Crippen LogP contribution in [0, 0.1) is 0 Å². The van der Waals surface area contributed by atoms with E-state index in [4.69, 9.17) is 0 Å². The molecule has 0 aliphatic carbocycles. The van der Waals surface area contributed by atoms with Gasteiger partial charge in [0.2, 0.25) is 5.91 Å². The Kier molecular flexibility index (Phi) is 6.49. The summed E-state index contributed by atoms with van der Waals surface area (Å²) < 4.78 is 0.921. The zero-order valence-corrected chi connectivity index (χ0v) is 19.7. The van der Waals surface area contributed by atoms with Crippen molar-refractivity contribution >= 4 is 50.9 Å². The van der Waals surface area contributed by atoms with Gasteiger partial charge in [-0.05, 0) is 47.9 Å². The van der Waals surface area contributed by atoms with Gasteiger partial charge in [-0.1, -0.05) is 66.2 Å². The summed E-state index contributed by atoms with van der Waals surface area (Å²) in [7, 11) is 0. The van der Waals surface area contributed by atoms with Crippen molar-refractivity contribution in [1.82, 2.24) is 0 Å². The van der Waals surface area contributed by atoms with E-state index in [1.807, 2.05) is 59.5 Å². The van der Waals surface area contributed by atoms with Crippen LogP contribution in [-0.2, 0) is 4.79 Å². The van der Waals surface area contributed by atoms with Gasteiger partial charge in [0.25, 0.3) is 5.91 Å². The molecule has 4 nitrogen and oxygen atoms in total. The van der Waals surface area contributed by atoms with E-state index in [9.17, 15) is 9.59 Å². The second-order valence-corrected chi connectivity index (χ2v) is 9.67. The quantitative estimate of drug-likeness (QED) is 0.434. The molecule has 1 heterocycles. The minimum Gasteiger partial charge on any atom is -0.322 e. The number of nitrogens with one attached hydrogen (secondary N) is 1. The molecule has 1 N–H and O–H groups in total. The van der Waals surface area contributed by atoms with Gasteiger partial charge in [0.15, 0.2) is 0 Å². The number of carbonyl (C=O) groups is 2. The molecule has 0 spiro atoms. The molecule has 1 fully saturated rings. The fourth-order valence-electron chi connectivity index (χ4n) is 3.73. The van der Waals surface area contributed by atoms with E-state index >= 15 is 0 Å². The summed E-state index contributed by atoms with van der Waals surface area (Å²) in [5, 5.41) is 2.84. The Balaban J connectivity index is 1.69. The standard InChI is InChI=1S/C25H23BrN2O2S/c1-16(2)19-7-4-6-10-22(19)28-23(29)15-31-25(28)20-8-3-5-9-21(20)27-24(30)17-11-13-18(26)14-12-17/h3-14,16,25H,15H2,1-2H3,(H,27,30). The number of halogens is 1. The monoisotopic (exact) mass is 494 g/mol. The van der Waals surface area contributed by atoms with E-state index in [2.05, 4.69) is 41.2 Å². The van der Waals surface area contributed by atoms with Gasteiger partial charge in [-0.3, -0.25) is 14.5 Å². The van der Waals surface area contributed by atoms with Gasteiger partial charge in [-0.25, -0.2) is 0 Å². The predicted molar refractivity (Wildman–Crippen MR) is 132 cm³/mol. The molecule has 31 heavy (non-hydrogen) atoms. The largest absolute Gasteiger partial charge is 0.322 e. The number of benzene rings is 3. The fraction of sp³-hybridized carbons (Fsp3) is 0.200. The molecule has 0 aromatic heterocycles. The number of para-hydroxylation sites is 2. The minimum atomic E-state index is -0.200. The summed E-state index contributed by atoms with van der Waals surface area (Å²) in [6, 6.07) is 23.0. The van der Waals surface area contributed by atoms with Crippen molar-refractivity contribution in [2.75, 3.05) is 16.0 Å². The Morgan fingerprint density at radius 2 is 1.71 bits per heavy atom. The van der Waals surface area contributed by atoms with Gasteiger partial charge < -0.3 is 5.32 Å². The van der Waals surface area contributed by atoms with Crippen LogP contribution in [0.5, 0.6) is 0 Å². The molecule has 3 aromatic rings. The van der Waals surface area contributed by atoms with E-state index in [0.717, 1.165) is 27.0 Å². The van der Waals surface area contributed by atoms with Gasteiger partial charge in [0, 0.05) is 27.0 Å². The third kappa shape index (κ3) is 4.55. The maximum absolute atomic E-state index is 12.9. The second-order valence-electron chi connectivity index (χ2n) is 7.69. The number of thioether (sulfide) groups is 1. The summed E-state index contributed by atoms with van der Waals surface area (Å²) in [5.41, 5.74) is 4.29. The summed E-state index contributed by atoms with van der Waals surface area (Å²) >= 11 is 4.98. The van der Waals surface area contributed by atoms with Crippen molar-refractivity contribution in [2.24, 2.45) is 0 Å². The molecular formula is C25H23BrN2O2S. The number of carbonyl (C=O) groups excluding carboxylic acids is 2. The lowest BCUT2D eigenvalue weighted by molar-refractivity contribution is -0.115. The van der Waals surface area contributed by atoms with Crippen molar-refractivity contribution in [3.63, 3.8) is 0 Å². The maximum atomic E-state index is 12.9. The molecule has 1 aliphatic heterocycles. The average Bonchev–Trinajstić information content (AvgIpc) is 3.15. The van der Waals surface area contributed by atoms with Crippen LogP contribution in [0.1, 0.15) is 46.6 Å². The summed E-state index contributed by atoms with van der Waals surface area (Å²) in [4.78, 5) is 27.7. The fourth-order valence-corrected chi connectivity index (χ4v) is 5.20. The lowest BCUT2D eigenvalue weighted by Gasteiger charge is -2.29. The van der Waals surface area contributed by atoms with E-state index in [1.165, 1.54) is 0 Å². The highest BCUT2D eigenvalue weighted by molar-refractivity contribution is 9.10. The minimum absolute atomic E-state index is 0.0807. The number of amides is 2. The number of nitrogens with zero attached hydrogens (tertiary/aromatic N) is 1. The SMILES string of the molecule is CC(C)c1ccccc1N1C(=O)CSC1c1ccccc1NC(=O)c1ccc(Br)cc1. The molecule has 2 amide bonds. The summed E-state index contributed by atoms with van der Waals surface area (Å²) in [6.45, 7) is 4.27. The molecule has 0 saturated carbocycles. The van der Waals surface area contributed by atoms with E-state index < -0.39 is 0 Å². The van der Waals surface area contributed by atoms with Crippen LogP contribution in [0.25, 0.3) is 0 Å². The number of hydrogen-bond donors (Lipinski definition) is 1. The first-order valence-electron chi connectivity index (χ1n) is 10.1. The number of anilines is 2. The third-order valence-electron chi connectivity index (χ3n) is 5.27. The average molecular weight is 495 g/mol. The van der Waals surface area contributed by atoms with Gasteiger partial charge in [-0.2, -0.15) is 0 Å². The van der Waals surface area contributed by atoms with E-state index in [1.54, 1.807) is 23.9 Å². The smallest absolute Gasteiger partial charge is 0.255 e. The summed E-state index contributed by atoms with van der Waals surface area (Å²) in [5.74, 6) is 0.606. The molecule has 1 atom stereocenters. The molecule has 0 radical (unpaired) electrons. The molecule has 1 aliphatic rings. The van der Waals surface area contributed by atoms with Gasteiger partial charge in [-0.15, -0.1) is 11.8 Å². The maximum Gasteiger partial charge on any atom is 0.255 e. The number of hydrogen-bond acceptors (Lipinski definition) is 3. The van der Waals surface area contributed by atoms with Crippen molar-refractivity contribution in [3.8, 4) is 0 Å². The first-order valence-corrected chi connectivity index (χ1v) is 12.0. The Labute approximate surface area is 195 Å². The highest BCUT2D eigenvalue weighted by atomic mass is 79.9. The molecule has 0 bridgehead atoms. The topological polar surface area (TPSA) is 49.4 Å². The number of rotatable bonds is 5. The van der Waals surface area contributed by atoms with E-state index in [0.29, 0.717) is 17.2 Å². The Bertz CT molecular complexity index is 1110. The molecule has 4 rings (SSSR count). The van der Waals surface area contributed by atoms with Gasteiger partial charge in [0.05, 0.1) is 5.75 Å². The first kappa shape index (κ1) is 21.7. The van der Waals surface area contributed by atoms with Crippen molar-refractivity contribution in [1.29, 1.82) is 0 Å². The zero-order valence-electron chi connectivity index (χ0n) is 17.3. The second kappa shape index (κ2) is 9.28. The molecule has 1 unspecified atom stereocenters. The Morgan fingerprint density at radius 3 is 2.45 bits per heavy atom. The van der Waals surface area contributed by atoms with Crippen LogP contribution in [0.4, 0.5) is 11.4 Å². The van der Waals surface area contributed by atoms with Crippen molar-refractivity contribution in [3.05, 3.63) is 94.0 Å². The highest BCUT2D eigenvalue weighted by Gasteiger charge is 2.36. The summed E-state index contributed by atoms with van der Waals surface area (Å²) in [6.07, 6.45) is 0. The van der Waals surface area contributed by atoms with Crippen LogP contribution in [0.2, 0.25) is 0 Å². The Morgan fingerprint density at radius 1 is 1.03 bits per heavy atom. The van der Waals surface area contributed by atoms with Crippen molar-refractivity contribution in [2.45, 2.75) is 25.1 Å². The van der Waals surface area contributed by atoms with Gasteiger partial charge >= 0.3 is 0 Å². The highest BCUT2D eigenvalue weighted by Crippen LogP contribution is 2.46. The van der Waals surface area contributed by atoms with E-state index in [-0.39, 0.29) is 17.2 Å². The van der Waals surface area contributed by atoms with Crippen LogP contribution < -0.4 is 10.2 Å². The van der Waals surface area contributed by atoms with Crippen LogP contribution >= 0.6 is 27.7 Å². The van der Waals surface area contributed by atoms with Crippen LogP contribution in [0.3, 0.4) is 0 Å². The predicted octanol–water partition coefficient (Wildman–Crippen LogP) is 6.60. The molecular weight excluding hydrogens is 472 g/mol. The molecule has 1 saturated heterocycles. The third-order valence-corrected chi connectivity index (χ3v) is 6.99. The molecule has 3 aromatic carbocycles. The Hall–Kier alpha value is -2.57. The zero-order chi connectivity index (χ0) is 22.0. The molecule has 6 heteroatoms. The normalized spacial score (nSPS) is 16.1. The van der Waals surface area contributed by atoms with Crippen LogP contribution in [0.15, 0.2) is 77.3 Å². The molecule has 158 valence electrons.